The summed E-state index contributed by atoms with van der Waals surface area (Å²) in [6, 6.07) is 9.36. The van der Waals surface area contributed by atoms with Crippen molar-refractivity contribution in [3.63, 3.8) is 0 Å². The Bertz CT molecular complexity index is 839. The third-order valence-electron chi connectivity index (χ3n) is 3.54. The van der Waals surface area contributed by atoms with Crippen molar-refractivity contribution in [3.05, 3.63) is 65.1 Å². The van der Waals surface area contributed by atoms with E-state index in [9.17, 15) is 4.79 Å². The molecular formula is C17H18ClN5O. The molecule has 2 heterocycles. The highest BCUT2D eigenvalue weighted by Crippen LogP contribution is 2.14. The second-order valence-electron chi connectivity index (χ2n) is 5.58. The molecule has 0 radical (unpaired) electrons. The number of nitrogens with zero attached hydrogens (tertiary/aromatic N) is 4. The molecule has 3 rings (SSSR count). The Kier molecular flexibility index (Phi) is 4.96. The average molecular weight is 344 g/mol. The summed E-state index contributed by atoms with van der Waals surface area (Å²) in [6.07, 6.45) is 5.70. The molecule has 7 heteroatoms. The zero-order valence-corrected chi connectivity index (χ0v) is 14.1. The first-order valence-electron chi connectivity index (χ1n) is 7.65. The number of amides is 1. The van der Waals surface area contributed by atoms with E-state index in [1.54, 1.807) is 27.8 Å². The minimum Gasteiger partial charge on any atom is -0.311 e. The van der Waals surface area contributed by atoms with Crippen molar-refractivity contribution in [3.8, 4) is 0 Å². The normalized spacial score (nSPS) is 10.8. The SMILES string of the molecule is Cc1cnn(CCC(=O)Nc2ccnn2Cc2cccc(Cl)c2)c1. The molecule has 0 saturated heterocycles. The third-order valence-corrected chi connectivity index (χ3v) is 3.77. The maximum atomic E-state index is 12.1. The smallest absolute Gasteiger partial charge is 0.227 e. The molecule has 0 aliphatic heterocycles. The van der Waals surface area contributed by atoms with Gasteiger partial charge < -0.3 is 5.32 Å². The lowest BCUT2D eigenvalue weighted by Gasteiger charge is -2.09. The number of hydrogen-bond acceptors (Lipinski definition) is 3. The Hall–Kier alpha value is -2.60. The first-order valence-corrected chi connectivity index (χ1v) is 8.03. The molecule has 24 heavy (non-hydrogen) atoms. The molecule has 0 saturated carbocycles. The van der Waals surface area contributed by atoms with Crippen LogP contribution >= 0.6 is 11.6 Å². The molecule has 0 aliphatic carbocycles. The van der Waals surface area contributed by atoms with E-state index in [4.69, 9.17) is 11.6 Å². The highest BCUT2D eigenvalue weighted by molar-refractivity contribution is 6.30. The number of halogens is 1. The first-order chi connectivity index (χ1) is 11.6. The summed E-state index contributed by atoms with van der Waals surface area (Å²) < 4.78 is 3.50. The quantitative estimate of drug-likeness (QED) is 0.748. The Labute approximate surface area is 145 Å². The molecule has 0 bridgehead atoms. The molecule has 3 aromatic rings. The van der Waals surface area contributed by atoms with E-state index in [0.29, 0.717) is 30.4 Å². The van der Waals surface area contributed by atoms with Crippen LogP contribution < -0.4 is 5.32 Å². The van der Waals surface area contributed by atoms with Gasteiger partial charge in [-0.15, -0.1) is 0 Å². The minimum atomic E-state index is -0.0732. The van der Waals surface area contributed by atoms with Crippen LogP contribution in [-0.2, 0) is 17.9 Å². The van der Waals surface area contributed by atoms with E-state index in [-0.39, 0.29) is 5.91 Å². The number of carbonyl (C=O) groups excluding carboxylic acids is 1. The zero-order valence-electron chi connectivity index (χ0n) is 13.3. The standard InChI is InChI=1S/C17H18ClN5O/c1-13-10-20-22(11-13)8-6-17(24)21-16-5-7-19-23(16)12-14-3-2-4-15(18)9-14/h2-5,7,9-11H,6,8,12H2,1H3,(H,21,24). The summed E-state index contributed by atoms with van der Waals surface area (Å²) >= 11 is 6.00. The van der Waals surface area contributed by atoms with Crippen molar-refractivity contribution in [1.29, 1.82) is 0 Å². The maximum Gasteiger partial charge on any atom is 0.227 e. The summed E-state index contributed by atoms with van der Waals surface area (Å²) in [7, 11) is 0. The van der Waals surface area contributed by atoms with E-state index >= 15 is 0 Å². The number of carbonyl (C=O) groups is 1. The molecule has 0 aliphatic rings. The van der Waals surface area contributed by atoms with Gasteiger partial charge in [-0.25, -0.2) is 4.68 Å². The second-order valence-corrected chi connectivity index (χ2v) is 6.02. The number of rotatable bonds is 6. The summed E-state index contributed by atoms with van der Waals surface area (Å²) in [6.45, 7) is 3.06. The Morgan fingerprint density at radius 1 is 1.29 bits per heavy atom. The van der Waals surface area contributed by atoms with Gasteiger partial charge in [-0.3, -0.25) is 9.48 Å². The monoisotopic (exact) mass is 343 g/mol. The van der Waals surface area contributed by atoms with Crippen molar-refractivity contribution >= 4 is 23.3 Å². The maximum absolute atomic E-state index is 12.1. The fraction of sp³-hybridized carbons (Fsp3) is 0.235. The molecule has 124 valence electrons. The second kappa shape index (κ2) is 7.31. The van der Waals surface area contributed by atoms with Gasteiger partial charge in [0.2, 0.25) is 5.91 Å². The van der Waals surface area contributed by atoms with Gasteiger partial charge in [0.15, 0.2) is 0 Å². The largest absolute Gasteiger partial charge is 0.311 e. The highest BCUT2D eigenvalue weighted by atomic mass is 35.5. The molecule has 1 aromatic carbocycles. The number of anilines is 1. The van der Waals surface area contributed by atoms with Gasteiger partial charge in [-0.05, 0) is 30.2 Å². The average Bonchev–Trinajstić information content (AvgIpc) is 3.15. The molecule has 0 spiro atoms. The van der Waals surface area contributed by atoms with Crippen LogP contribution in [-0.4, -0.2) is 25.5 Å². The predicted molar refractivity (Wildman–Crippen MR) is 93.0 cm³/mol. The Morgan fingerprint density at radius 3 is 2.92 bits per heavy atom. The van der Waals surface area contributed by atoms with Crippen molar-refractivity contribution in [2.45, 2.75) is 26.4 Å². The topological polar surface area (TPSA) is 64.7 Å². The molecular weight excluding hydrogens is 326 g/mol. The number of hydrogen-bond donors (Lipinski definition) is 1. The van der Waals surface area contributed by atoms with E-state index in [1.165, 1.54) is 0 Å². The van der Waals surface area contributed by atoms with Gasteiger partial charge in [0.1, 0.15) is 5.82 Å². The van der Waals surface area contributed by atoms with Crippen LogP contribution in [0.15, 0.2) is 48.9 Å². The van der Waals surface area contributed by atoms with Gasteiger partial charge >= 0.3 is 0 Å². The number of aromatic nitrogens is 4. The van der Waals surface area contributed by atoms with Crippen LogP contribution in [0.25, 0.3) is 0 Å². The van der Waals surface area contributed by atoms with Crippen molar-refractivity contribution in [1.82, 2.24) is 19.6 Å². The summed E-state index contributed by atoms with van der Waals surface area (Å²) in [5, 5.41) is 12.0. The van der Waals surface area contributed by atoms with Gasteiger partial charge in [0.05, 0.1) is 18.9 Å². The van der Waals surface area contributed by atoms with Crippen LogP contribution in [0, 0.1) is 6.92 Å². The van der Waals surface area contributed by atoms with Crippen LogP contribution in [0.4, 0.5) is 5.82 Å². The molecule has 2 aromatic heterocycles. The summed E-state index contributed by atoms with van der Waals surface area (Å²) in [4.78, 5) is 12.1. The van der Waals surface area contributed by atoms with E-state index < -0.39 is 0 Å². The van der Waals surface area contributed by atoms with E-state index in [2.05, 4.69) is 15.5 Å². The Morgan fingerprint density at radius 2 is 2.17 bits per heavy atom. The zero-order chi connectivity index (χ0) is 16.9. The predicted octanol–water partition coefficient (Wildman–Crippen LogP) is 3.12. The molecule has 0 atom stereocenters. The lowest BCUT2D eigenvalue weighted by molar-refractivity contribution is -0.116. The van der Waals surface area contributed by atoms with E-state index in [1.807, 2.05) is 37.4 Å². The molecule has 1 N–H and O–H groups in total. The summed E-state index contributed by atoms with van der Waals surface area (Å²) in [5.74, 6) is 0.590. The molecule has 1 amide bonds. The van der Waals surface area contributed by atoms with Crippen LogP contribution in [0.5, 0.6) is 0 Å². The third kappa shape index (κ3) is 4.23. The van der Waals surface area contributed by atoms with Crippen LogP contribution in [0.2, 0.25) is 5.02 Å². The number of aryl methyl sites for hydroxylation is 2. The van der Waals surface area contributed by atoms with Crippen LogP contribution in [0.1, 0.15) is 17.5 Å². The molecule has 0 unspecified atom stereocenters. The minimum absolute atomic E-state index is 0.0732. The lowest BCUT2D eigenvalue weighted by atomic mass is 10.2. The molecule has 0 fully saturated rings. The number of benzene rings is 1. The highest BCUT2D eigenvalue weighted by Gasteiger charge is 2.08. The van der Waals surface area contributed by atoms with Crippen molar-refractivity contribution < 1.29 is 4.79 Å². The van der Waals surface area contributed by atoms with Gasteiger partial charge in [0.25, 0.3) is 0 Å². The lowest BCUT2D eigenvalue weighted by Crippen LogP contribution is -2.18. The van der Waals surface area contributed by atoms with Crippen molar-refractivity contribution in [2.75, 3.05) is 5.32 Å². The van der Waals surface area contributed by atoms with Gasteiger partial charge in [-0.2, -0.15) is 10.2 Å². The van der Waals surface area contributed by atoms with Gasteiger partial charge in [-0.1, -0.05) is 23.7 Å². The Balaban J connectivity index is 1.59. The van der Waals surface area contributed by atoms with Gasteiger partial charge in [0, 0.05) is 30.3 Å². The fourth-order valence-electron chi connectivity index (χ4n) is 2.38. The number of nitrogens with one attached hydrogen (secondary N) is 1. The first kappa shape index (κ1) is 16.3. The van der Waals surface area contributed by atoms with Crippen molar-refractivity contribution in [2.24, 2.45) is 0 Å². The van der Waals surface area contributed by atoms with E-state index in [0.717, 1.165) is 11.1 Å². The summed E-state index contributed by atoms with van der Waals surface area (Å²) in [5.41, 5.74) is 2.10. The fourth-order valence-corrected chi connectivity index (χ4v) is 2.60. The molecule has 6 nitrogen and oxygen atoms in total. The van der Waals surface area contributed by atoms with Crippen LogP contribution in [0.3, 0.4) is 0 Å².